The van der Waals surface area contributed by atoms with Crippen molar-refractivity contribution in [1.82, 2.24) is 10.2 Å². The van der Waals surface area contributed by atoms with Crippen molar-refractivity contribution in [3.8, 4) is 0 Å². The molecule has 35 heavy (non-hydrogen) atoms. The summed E-state index contributed by atoms with van der Waals surface area (Å²) in [5, 5.41) is 3.23. The number of nitrogens with one attached hydrogen (secondary N) is 1. The van der Waals surface area contributed by atoms with Crippen molar-refractivity contribution in [2.45, 2.75) is 52.6 Å². The fourth-order valence-corrected chi connectivity index (χ4v) is 5.37. The quantitative estimate of drug-likeness (QED) is 0.521. The summed E-state index contributed by atoms with van der Waals surface area (Å²) in [5.41, 5.74) is 11.2. The van der Waals surface area contributed by atoms with Crippen LogP contribution in [0.1, 0.15) is 51.3 Å². The summed E-state index contributed by atoms with van der Waals surface area (Å²) in [6.45, 7) is 12.1. The van der Waals surface area contributed by atoms with Gasteiger partial charge in [-0.2, -0.15) is 0 Å². The van der Waals surface area contributed by atoms with Gasteiger partial charge in [0.1, 0.15) is 0 Å². The van der Waals surface area contributed by atoms with E-state index in [9.17, 15) is 9.59 Å². The van der Waals surface area contributed by atoms with E-state index in [1.54, 1.807) is 13.8 Å². The Bertz CT molecular complexity index is 1040. The van der Waals surface area contributed by atoms with Gasteiger partial charge in [-0.3, -0.25) is 9.59 Å². The summed E-state index contributed by atoms with van der Waals surface area (Å²) in [6, 6.07) is 15.4. The zero-order chi connectivity index (χ0) is 25.1. The van der Waals surface area contributed by atoms with E-state index in [1.165, 1.54) is 16.8 Å². The molecule has 0 spiro atoms. The Labute approximate surface area is 209 Å². The van der Waals surface area contributed by atoms with Crippen molar-refractivity contribution < 1.29 is 9.59 Å². The van der Waals surface area contributed by atoms with Crippen LogP contribution in [0, 0.1) is 5.92 Å². The van der Waals surface area contributed by atoms with Crippen molar-refractivity contribution >= 4 is 28.9 Å². The second kappa shape index (κ2) is 10.7. The van der Waals surface area contributed by atoms with Gasteiger partial charge in [0.25, 0.3) is 0 Å². The van der Waals surface area contributed by atoms with Gasteiger partial charge in [0.05, 0.1) is 0 Å². The molecule has 2 amide bonds. The highest BCUT2D eigenvalue weighted by Gasteiger charge is 2.33. The lowest BCUT2D eigenvalue weighted by molar-refractivity contribution is -0.129. The molecule has 0 aromatic heterocycles. The van der Waals surface area contributed by atoms with Crippen LogP contribution in [0.3, 0.4) is 0 Å². The van der Waals surface area contributed by atoms with Crippen molar-refractivity contribution in [2.75, 3.05) is 48.3 Å². The van der Waals surface area contributed by atoms with Crippen molar-refractivity contribution in [2.24, 2.45) is 5.92 Å². The van der Waals surface area contributed by atoms with Gasteiger partial charge in [0.15, 0.2) is 0 Å². The maximum atomic E-state index is 12.2. The molecule has 0 radical (unpaired) electrons. The fraction of sp³-hybridized carbons (Fsp3) is 0.500. The first-order chi connectivity index (χ1) is 16.8. The maximum Gasteiger partial charge on any atom is 0.224 e. The number of carbonyl (C=O) groups excluding carboxylic acids is 2. The first-order valence-corrected chi connectivity index (χ1v) is 12.8. The number of hydrogen-bond donors (Lipinski definition) is 2. The van der Waals surface area contributed by atoms with Crippen LogP contribution in [0.2, 0.25) is 0 Å². The minimum absolute atomic E-state index is 0.127. The average molecular weight is 478 g/mol. The van der Waals surface area contributed by atoms with Crippen molar-refractivity contribution in [3.63, 3.8) is 0 Å². The minimum atomic E-state index is 0.127. The van der Waals surface area contributed by atoms with Gasteiger partial charge in [-0.25, -0.2) is 0 Å². The van der Waals surface area contributed by atoms with Crippen LogP contribution < -0.4 is 20.9 Å². The molecule has 2 aromatic rings. The first-order valence-electron chi connectivity index (χ1n) is 12.8. The van der Waals surface area contributed by atoms with E-state index in [4.69, 9.17) is 5.73 Å². The van der Waals surface area contributed by atoms with Crippen LogP contribution in [-0.2, 0) is 16.0 Å². The summed E-state index contributed by atoms with van der Waals surface area (Å²) < 4.78 is 0. The molecule has 2 aromatic carbocycles. The number of nitrogen functional groups attached to an aromatic ring is 1. The summed E-state index contributed by atoms with van der Waals surface area (Å²) >= 11 is 0. The monoisotopic (exact) mass is 477 g/mol. The third kappa shape index (κ3) is 5.78. The molecule has 3 aliphatic heterocycles. The number of benzene rings is 2. The van der Waals surface area contributed by atoms with Crippen LogP contribution in [0.5, 0.6) is 0 Å². The molecule has 2 saturated heterocycles. The molecule has 0 aliphatic carbocycles. The summed E-state index contributed by atoms with van der Waals surface area (Å²) in [4.78, 5) is 30.0. The zero-order valence-corrected chi connectivity index (χ0v) is 21.5. The Hall–Kier alpha value is -3.06. The Morgan fingerprint density at radius 1 is 1.00 bits per heavy atom. The number of nitrogens with zero attached hydrogens (tertiary/aromatic N) is 3. The molecule has 3 heterocycles. The summed E-state index contributed by atoms with van der Waals surface area (Å²) in [5.74, 6) is 0.746. The highest BCUT2D eigenvalue weighted by molar-refractivity contribution is 5.94. The van der Waals surface area contributed by atoms with E-state index in [1.807, 2.05) is 21.9 Å². The van der Waals surface area contributed by atoms with Crippen LogP contribution >= 0.6 is 0 Å². The molecule has 2 fully saturated rings. The smallest absolute Gasteiger partial charge is 0.224 e. The van der Waals surface area contributed by atoms with Gasteiger partial charge >= 0.3 is 0 Å². The maximum absolute atomic E-state index is 12.2. The van der Waals surface area contributed by atoms with E-state index in [0.29, 0.717) is 12.0 Å². The highest BCUT2D eigenvalue weighted by Crippen LogP contribution is 2.37. The topological polar surface area (TPSA) is 91.8 Å². The number of rotatable bonds is 3. The average Bonchev–Trinajstić information content (AvgIpc) is 3.69. The Kier molecular flexibility index (Phi) is 7.65. The molecule has 2 unspecified atom stereocenters. The molecule has 3 aliphatic rings. The van der Waals surface area contributed by atoms with E-state index >= 15 is 0 Å². The molecule has 0 bridgehead atoms. The van der Waals surface area contributed by atoms with Crippen molar-refractivity contribution in [3.05, 3.63) is 53.6 Å². The number of piperazine rings is 1. The third-order valence-electron chi connectivity index (χ3n) is 7.45. The largest absolute Gasteiger partial charge is 0.399 e. The minimum Gasteiger partial charge on any atom is -0.399 e. The fourth-order valence-electron chi connectivity index (χ4n) is 5.37. The number of amides is 2. The summed E-state index contributed by atoms with van der Waals surface area (Å²) in [7, 11) is 0. The Morgan fingerprint density at radius 3 is 2.20 bits per heavy atom. The van der Waals surface area contributed by atoms with Gasteiger partial charge in [-0.1, -0.05) is 26.0 Å². The lowest BCUT2D eigenvalue weighted by Crippen LogP contribution is -2.48. The van der Waals surface area contributed by atoms with Crippen molar-refractivity contribution in [1.29, 1.82) is 0 Å². The van der Waals surface area contributed by atoms with E-state index in [-0.39, 0.29) is 17.9 Å². The highest BCUT2D eigenvalue weighted by atomic mass is 16.2. The van der Waals surface area contributed by atoms with Crippen LogP contribution in [0.15, 0.2) is 42.5 Å². The lowest BCUT2D eigenvalue weighted by Gasteiger charge is -2.41. The summed E-state index contributed by atoms with van der Waals surface area (Å²) in [6.07, 6.45) is 1.99. The number of nitrogens with two attached hydrogens (primary N) is 1. The standard InChI is InChI=1S/C20H29N3O2.C8H10N2/c1-5-19-14(2)12-17-13-18(6-7-20(17)23(19)16(4)25)22-10-8-21(9-11-22)15(3)24;9-7-3-1-6(2-4-7)8-5-10-8/h6-7,13-14,19H,5,8-12H2,1-4H3;1-4,8,10H,5,9H2/t14?,19-;/m0./s1. The van der Waals surface area contributed by atoms with Gasteiger partial charge < -0.3 is 25.8 Å². The number of carbonyl (C=O) groups is 2. The predicted octanol–water partition coefficient (Wildman–Crippen LogP) is 3.59. The third-order valence-corrected chi connectivity index (χ3v) is 7.45. The molecule has 188 valence electrons. The van der Waals surface area contributed by atoms with E-state index in [2.05, 4.69) is 54.4 Å². The second-order valence-electron chi connectivity index (χ2n) is 9.98. The molecule has 5 rings (SSSR count). The molecular weight excluding hydrogens is 438 g/mol. The van der Waals surface area contributed by atoms with Crippen LogP contribution in [0.25, 0.3) is 0 Å². The van der Waals surface area contributed by atoms with Gasteiger partial charge in [0.2, 0.25) is 11.8 Å². The SMILES string of the molecule is CC[C@H]1C(C)Cc2cc(N3CCN(C(C)=O)CC3)ccc2N1C(C)=O.Nc1ccc(C2CN2)cc1. The number of anilines is 3. The Balaban J connectivity index is 0.000000239. The molecule has 0 saturated carbocycles. The number of fused-ring (bicyclic) bond motifs is 1. The number of hydrogen-bond acceptors (Lipinski definition) is 5. The molecule has 3 atom stereocenters. The van der Waals surface area contributed by atoms with E-state index < -0.39 is 0 Å². The van der Waals surface area contributed by atoms with Gasteiger partial charge in [0, 0.05) is 75.7 Å². The van der Waals surface area contributed by atoms with Crippen LogP contribution in [0.4, 0.5) is 17.1 Å². The zero-order valence-electron chi connectivity index (χ0n) is 21.5. The first kappa shape index (κ1) is 25.0. The Morgan fingerprint density at radius 2 is 1.66 bits per heavy atom. The molecule has 7 heteroatoms. The second-order valence-corrected chi connectivity index (χ2v) is 9.98. The van der Waals surface area contributed by atoms with E-state index in [0.717, 1.165) is 56.9 Å². The normalized spacial score (nSPS) is 23.2. The molecule has 7 nitrogen and oxygen atoms in total. The predicted molar refractivity (Wildman–Crippen MR) is 143 cm³/mol. The lowest BCUT2D eigenvalue weighted by atomic mass is 9.85. The van der Waals surface area contributed by atoms with Gasteiger partial charge in [-0.05, 0) is 60.2 Å². The molecular formula is C28H39N5O2. The van der Waals surface area contributed by atoms with Crippen LogP contribution in [-0.4, -0.2) is 55.5 Å². The molecule has 3 N–H and O–H groups in total. The van der Waals surface area contributed by atoms with Gasteiger partial charge in [-0.15, -0.1) is 0 Å².